The SMILES string of the molecule is CCC1CCCC(C(C)C)C1N=C(C)C(C)=NC1C(CC)CCCC1C(C)C. The highest BCUT2D eigenvalue weighted by Crippen LogP contribution is 2.39. The Bertz CT molecular complexity index is 483. The van der Waals surface area contributed by atoms with Crippen LogP contribution < -0.4 is 0 Å². The number of hydrogen-bond acceptors (Lipinski definition) is 2. The predicted molar refractivity (Wildman–Crippen MR) is 126 cm³/mol. The second-order valence-electron chi connectivity index (χ2n) is 10.4. The van der Waals surface area contributed by atoms with Gasteiger partial charge < -0.3 is 0 Å². The van der Waals surface area contributed by atoms with Crippen LogP contribution in [0.5, 0.6) is 0 Å². The Morgan fingerprint density at radius 1 is 0.679 bits per heavy atom. The van der Waals surface area contributed by atoms with Gasteiger partial charge >= 0.3 is 0 Å². The van der Waals surface area contributed by atoms with Crippen LogP contribution in [-0.2, 0) is 0 Å². The van der Waals surface area contributed by atoms with Crippen LogP contribution in [0.25, 0.3) is 0 Å². The first-order chi connectivity index (χ1) is 13.3. The van der Waals surface area contributed by atoms with E-state index in [1.165, 1.54) is 62.8 Å². The van der Waals surface area contributed by atoms with Gasteiger partial charge in [0.05, 0.1) is 23.5 Å². The maximum Gasteiger partial charge on any atom is 0.0562 e. The third kappa shape index (κ3) is 5.70. The zero-order valence-corrected chi connectivity index (χ0v) is 20.2. The molecule has 2 rings (SSSR count). The van der Waals surface area contributed by atoms with Crippen LogP contribution in [0.3, 0.4) is 0 Å². The van der Waals surface area contributed by atoms with E-state index in [1.54, 1.807) is 0 Å². The molecule has 0 bridgehead atoms. The molecule has 2 heteroatoms. The van der Waals surface area contributed by atoms with Crippen molar-refractivity contribution in [3.05, 3.63) is 0 Å². The molecular formula is C26H48N2. The lowest BCUT2D eigenvalue weighted by Crippen LogP contribution is -2.37. The average Bonchev–Trinajstić information content (AvgIpc) is 2.67. The Kier molecular flexibility index (Phi) is 9.22. The number of rotatable bonds is 7. The Labute approximate surface area is 176 Å². The van der Waals surface area contributed by atoms with Crippen molar-refractivity contribution in [2.45, 2.75) is 119 Å². The van der Waals surface area contributed by atoms with Gasteiger partial charge in [0.1, 0.15) is 0 Å². The summed E-state index contributed by atoms with van der Waals surface area (Å²) < 4.78 is 0. The molecule has 2 aliphatic carbocycles. The van der Waals surface area contributed by atoms with Crippen molar-refractivity contribution in [3.63, 3.8) is 0 Å². The minimum atomic E-state index is 0.498. The Morgan fingerprint density at radius 2 is 1.04 bits per heavy atom. The summed E-state index contributed by atoms with van der Waals surface area (Å²) in [5, 5.41) is 0. The van der Waals surface area contributed by atoms with Gasteiger partial charge in [-0.05, 0) is 75.0 Å². The third-order valence-corrected chi connectivity index (χ3v) is 8.04. The first kappa shape index (κ1) is 23.6. The minimum absolute atomic E-state index is 0.498. The van der Waals surface area contributed by atoms with E-state index < -0.39 is 0 Å². The van der Waals surface area contributed by atoms with E-state index in [0.717, 1.165) is 35.5 Å². The smallest absolute Gasteiger partial charge is 0.0562 e. The monoisotopic (exact) mass is 388 g/mol. The quantitative estimate of drug-likeness (QED) is 0.401. The van der Waals surface area contributed by atoms with Gasteiger partial charge in [-0.15, -0.1) is 0 Å². The highest BCUT2D eigenvalue weighted by Gasteiger charge is 2.35. The van der Waals surface area contributed by atoms with E-state index in [2.05, 4.69) is 55.4 Å². The fourth-order valence-electron chi connectivity index (χ4n) is 6.00. The minimum Gasteiger partial charge on any atom is -0.284 e. The van der Waals surface area contributed by atoms with Crippen LogP contribution in [-0.4, -0.2) is 23.5 Å². The molecule has 162 valence electrons. The second kappa shape index (κ2) is 10.9. The molecule has 2 fully saturated rings. The van der Waals surface area contributed by atoms with Gasteiger partial charge in [-0.25, -0.2) is 0 Å². The molecular weight excluding hydrogens is 340 g/mol. The fraction of sp³-hybridized carbons (Fsp3) is 0.923. The second-order valence-corrected chi connectivity index (χ2v) is 10.4. The highest BCUT2D eigenvalue weighted by atomic mass is 14.9. The molecule has 0 N–H and O–H groups in total. The summed E-state index contributed by atoms with van der Waals surface area (Å²) in [6.45, 7) is 18.7. The Morgan fingerprint density at radius 3 is 1.32 bits per heavy atom. The molecule has 2 aliphatic rings. The van der Waals surface area contributed by atoms with Gasteiger partial charge in [0.2, 0.25) is 0 Å². The molecule has 0 spiro atoms. The van der Waals surface area contributed by atoms with Crippen molar-refractivity contribution < 1.29 is 0 Å². The van der Waals surface area contributed by atoms with E-state index >= 15 is 0 Å². The van der Waals surface area contributed by atoms with E-state index in [0.29, 0.717) is 12.1 Å². The van der Waals surface area contributed by atoms with Crippen LogP contribution in [0.1, 0.15) is 107 Å². The molecule has 6 atom stereocenters. The molecule has 0 amide bonds. The molecule has 0 aliphatic heterocycles. The van der Waals surface area contributed by atoms with Gasteiger partial charge in [-0.2, -0.15) is 0 Å². The number of nitrogens with zero attached hydrogens (tertiary/aromatic N) is 2. The van der Waals surface area contributed by atoms with E-state index in [4.69, 9.17) is 9.98 Å². The van der Waals surface area contributed by atoms with Gasteiger partial charge in [0, 0.05) is 0 Å². The van der Waals surface area contributed by atoms with Gasteiger partial charge in [-0.1, -0.05) is 67.2 Å². The number of hydrogen-bond donors (Lipinski definition) is 0. The zero-order valence-electron chi connectivity index (χ0n) is 20.2. The molecule has 2 saturated carbocycles. The van der Waals surface area contributed by atoms with Gasteiger partial charge in [0.25, 0.3) is 0 Å². The molecule has 0 radical (unpaired) electrons. The summed E-state index contributed by atoms with van der Waals surface area (Å²) in [5.41, 5.74) is 2.41. The van der Waals surface area contributed by atoms with E-state index in [9.17, 15) is 0 Å². The molecule has 0 aromatic heterocycles. The highest BCUT2D eigenvalue weighted by molar-refractivity contribution is 6.40. The largest absolute Gasteiger partial charge is 0.284 e. The van der Waals surface area contributed by atoms with Crippen LogP contribution in [0.15, 0.2) is 9.98 Å². The summed E-state index contributed by atoms with van der Waals surface area (Å²) in [5.74, 6) is 4.43. The molecule has 28 heavy (non-hydrogen) atoms. The van der Waals surface area contributed by atoms with Crippen LogP contribution in [0.2, 0.25) is 0 Å². The molecule has 0 saturated heterocycles. The maximum atomic E-state index is 5.36. The molecule has 0 aromatic carbocycles. The average molecular weight is 389 g/mol. The summed E-state index contributed by atoms with van der Waals surface area (Å²) in [6, 6.07) is 0.997. The van der Waals surface area contributed by atoms with Crippen LogP contribution in [0, 0.1) is 35.5 Å². The first-order valence-corrected chi connectivity index (χ1v) is 12.4. The molecule has 0 heterocycles. The Hall–Kier alpha value is -0.660. The molecule has 2 nitrogen and oxygen atoms in total. The predicted octanol–water partition coefficient (Wildman–Crippen LogP) is 7.61. The third-order valence-electron chi connectivity index (χ3n) is 8.04. The van der Waals surface area contributed by atoms with Crippen molar-refractivity contribution in [1.29, 1.82) is 0 Å². The summed E-state index contributed by atoms with van der Waals surface area (Å²) in [6.07, 6.45) is 10.7. The number of aliphatic imine (C=N–C) groups is 2. The molecule has 6 unspecified atom stereocenters. The van der Waals surface area contributed by atoms with E-state index in [1.807, 2.05) is 0 Å². The van der Waals surface area contributed by atoms with Crippen LogP contribution >= 0.6 is 0 Å². The standard InChI is InChI=1S/C26H48N2/c1-9-21-13-11-15-23(17(3)4)25(21)27-19(7)20(8)28-26-22(10-2)14-12-16-24(26)18(5)6/h17-18,21-26H,9-16H2,1-8H3. The van der Waals surface area contributed by atoms with Crippen molar-refractivity contribution in [2.75, 3.05) is 0 Å². The Balaban J connectivity index is 2.27. The van der Waals surface area contributed by atoms with Crippen molar-refractivity contribution in [2.24, 2.45) is 45.5 Å². The summed E-state index contributed by atoms with van der Waals surface area (Å²) >= 11 is 0. The lowest BCUT2D eigenvalue weighted by Gasteiger charge is -2.39. The van der Waals surface area contributed by atoms with Crippen molar-refractivity contribution >= 4 is 11.4 Å². The van der Waals surface area contributed by atoms with Gasteiger partial charge in [0.15, 0.2) is 0 Å². The van der Waals surface area contributed by atoms with E-state index in [-0.39, 0.29) is 0 Å². The maximum absolute atomic E-state index is 5.36. The zero-order chi connectivity index (χ0) is 20.8. The fourth-order valence-corrected chi connectivity index (χ4v) is 6.00. The van der Waals surface area contributed by atoms with Crippen molar-refractivity contribution in [1.82, 2.24) is 0 Å². The lowest BCUT2D eigenvalue weighted by atomic mass is 9.71. The lowest BCUT2D eigenvalue weighted by molar-refractivity contribution is 0.172. The van der Waals surface area contributed by atoms with Crippen molar-refractivity contribution in [3.8, 4) is 0 Å². The van der Waals surface area contributed by atoms with Crippen LogP contribution in [0.4, 0.5) is 0 Å². The topological polar surface area (TPSA) is 24.7 Å². The van der Waals surface area contributed by atoms with Gasteiger partial charge in [-0.3, -0.25) is 9.98 Å². The first-order valence-electron chi connectivity index (χ1n) is 12.4. The normalized spacial score (nSPS) is 35.6. The summed E-state index contributed by atoms with van der Waals surface area (Å²) in [4.78, 5) is 10.7. The summed E-state index contributed by atoms with van der Waals surface area (Å²) in [7, 11) is 0. The molecule has 0 aromatic rings.